The van der Waals surface area contributed by atoms with Gasteiger partial charge in [-0.05, 0) is 37.3 Å². The summed E-state index contributed by atoms with van der Waals surface area (Å²) in [6.07, 6.45) is 5.23. The number of rotatable bonds is 8. The SMILES string of the molecule is C[C@H]1CN([C@@H](C)CO)C(=O)Cc2cc(NC(=O)c3ccncc3)ccc2O[C@H]1CN(C)S(=O)(=O)c1cn(C)cn1. The normalized spacial score (nSPS) is 18.8. The smallest absolute Gasteiger partial charge is 0.261 e. The standard InChI is InChI=1S/C27H34N6O6S/c1-18-13-33(19(2)16-34)26(35)12-21-11-22(30-27(36)20-7-9-28-10-8-20)5-6-23(21)39-24(18)14-32(4)40(37,38)25-15-31(3)17-29-25/h5-11,15,17-19,24,34H,12-14,16H2,1-4H3,(H,30,36)/t18-,19-,24-/m0/s1. The third kappa shape index (κ3) is 6.49. The fourth-order valence-corrected chi connectivity index (χ4v) is 5.61. The Labute approximate surface area is 233 Å². The molecule has 40 heavy (non-hydrogen) atoms. The van der Waals surface area contributed by atoms with E-state index in [-0.39, 0.29) is 48.9 Å². The number of anilines is 1. The molecule has 0 saturated heterocycles. The molecule has 2 amide bonds. The summed E-state index contributed by atoms with van der Waals surface area (Å²) in [5, 5.41) is 12.6. The summed E-state index contributed by atoms with van der Waals surface area (Å²) >= 11 is 0. The predicted molar refractivity (Wildman–Crippen MR) is 147 cm³/mol. The predicted octanol–water partition coefficient (Wildman–Crippen LogP) is 1.54. The zero-order valence-corrected chi connectivity index (χ0v) is 23.7. The van der Waals surface area contributed by atoms with Crippen molar-refractivity contribution in [3.8, 4) is 5.75 Å². The maximum absolute atomic E-state index is 13.4. The Kier molecular flexibility index (Phi) is 8.86. The maximum atomic E-state index is 13.4. The first-order valence-electron chi connectivity index (χ1n) is 12.8. The monoisotopic (exact) mass is 570 g/mol. The lowest BCUT2D eigenvalue weighted by molar-refractivity contribution is -0.134. The number of fused-ring (bicyclic) bond motifs is 1. The third-order valence-corrected chi connectivity index (χ3v) is 8.62. The van der Waals surface area contributed by atoms with Gasteiger partial charge in [0.1, 0.15) is 11.9 Å². The van der Waals surface area contributed by atoms with Gasteiger partial charge in [-0.15, -0.1) is 0 Å². The fourth-order valence-electron chi connectivity index (χ4n) is 4.46. The topological polar surface area (TPSA) is 147 Å². The van der Waals surface area contributed by atoms with Gasteiger partial charge in [-0.2, -0.15) is 4.31 Å². The number of hydrogen-bond donors (Lipinski definition) is 2. The summed E-state index contributed by atoms with van der Waals surface area (Å²) in [5.41, 5.74) is 1.43. The number of aromatic nitrogens is 3. The fraction of sp³-hybridized carbons (Fsp3) is 0.407. The van der Waals surface area contributed by atoms with Crippen molar-refractivity contribution in [1.29, 1.82) is 0 Å². The number of aliphatic hydroxyl groups excluding tert-OH is 1. The Morgan fingerprint density at radius 2 is 2.00 bits per heavy atom. The minimum Gasteiger partial charge on any atom is -0.488 e. The van der Waals surface area contributed by atoms with Crippen LogP contribution in [0.25, 0.3) is 0 Å². The van der Waals surface area contributed by atoms with Gasteiger partial charge in [-0.3, -0.25) is 14.6 Å². The molecule has 1 aliphatic heterocycles. The molecule has 3 atom stereocenters. The minimum atomic E-state index is -3.89. The third-order valence-electron chi connectivity index (χ3n) is 6.91. The lowest BCUT2D eigenvalue weighted by Crippen LogP contribution is -2.48. The van der Waals surface area contributed by atoms with Crippen LogP contribution in [-0.2, 0) is 28.3 Å². The number of aryl methyl sites for hydroxylation is 1. The Morgan fingerprint density at radius 1 is 1.27 bits per heavy atom. The summed E-state index contributed by atoms with van der Waals surface area (Å²) in [4.78, 5) is 35.6. The molecule has 2 N–H and O–H groups in total. The van der Waals surface area contributed by atoms with Crippen molar-refractivity contribution in [3.63, 3.8) is 0 Å². The van der Waals surface area contributed by atoms with Crippen LogP contribution in [0, 0.1) is 5.92 Å². The number of aliphatic hydroxyl groups is 1. The van der Waals surface area contributed by atoms with E-state index in [2.05, 4.69) is 15.3 Å². The number of sulfonamides is 1. The number of ether oxygens (including phenoxy) is 1. The van der Waals surface area contributed by atoms with Crippen LogP contribution in [0.5, 0.6) is 5.75 Å². The van der Waals surface area contributed by atoms with Gasteiger partial charge < -0.3 is 24.6 Å². The van der Waals surface area contributed by atoms with E-state index < -0.39 is 22.2 Å². The molecule has 0 spiro atoms. The average Bonchev–Trinajstić information content (AvgIpc) is 3.40. The van der Waals surface area contributed by atoms with E-state index >= 15 is 0 Å². The quantitative estimate of drug-likeness (QED) is 0.415. The molecule has 13 heteroatoms. The second-order valence-electron chi connectivity index (χ2n) is 10.1. The van der Waals surface area contributed by atoms with E-state index in [1.165, 1.54) is 36.3 Å². The van der Waals surface area contributed by atoms with Gasteiger partial charge in [0.15, 0.2) is 5.03 Å². The minimum absolute atomic E-state index is 0.00438. The van der Waals surface area contributed by atoms with Gasteiger partial charge in [0, 0.05) is 62.0 Å². The van der Waals surface area contributed by atoms with Gasteiger partial charge in [0.05, 0.1) is 31.9 Å². The number of imidazole rings is 1. The van der Waals surface area contributed by atoms with Crippen LogP contribution >= 0.6 is 0 Å². The highest BCUT2D eigenvalue weighted by atomic mass is 32.2. The van der Waals surface area contributed by atoms with Crippen LogP contribution < -0.4 is 10.1 Å². The molecule has 0 saturated carbocycles. The van der Waals surface area contributed by atoms with Crippen molar-refractivity contribution in [1.82, 2.24) is 23.7 Å². The largest absolute Gasteiger partial charge is 0.488 e. The van der Waals surface area contributed by atoms with E-state index in [0.717, 1.165) is 0 Å². The molecular formula is C27H34N6O6S. The Balaban J connectivity index is 1.65. The summed E-state index contributed by atoms with van der Waals surface area (Å²) in [6.45, 7) is 3.65. The summed E-state index contributed by atoms with van der Waals surface area (Å²) in [6, 6.07) is 7.75. The molecule has 0 bridgehead atoms. The molecule has 12 nitrogen and oxygen atoms in total. The number of hydrogen-bond acceptors (Lipinski definition) is 8. The van der Waals surface area contributed by atoms with Crippen LogP contribution in [0.3, 0.4) is 0 Å². The average molecular weight is 571 g/mol. The van der Waals surface area contributed by atoms with Gasteiger partial charge >= 0.3 is 0 Å². The molecule has 4 rings (SSSR count). The summed E-state index contributed by atoms with van der Waals surface area (Å²) in [5.74, 6) is -0.433. The van der Waals surface area contributed by atoms with Crippen molar-refractivity contribution < 1.29 is 27.9 Å². The van der Waals surface area contributed by atoms with Crippen molar-refractivity contribution in [2.24, 2.45) is 13.0 Å². The zero-order valence-electron chi connectivity index (χ0n) is 22.9. The highest BCUT2D eigenvalue weighted by molar-refractivity contribution is 7.89. The van der Waals surface area contributed by atoms with E-state index in [9.17, 15) is 23.1 Å². The Morgan fingerprint density at radius 3 is 2.65 bits per heavy atom. The number of pyridine rings is 1. The maximum Gasteiger partial charge on any atom is 0.261 e. The molecule has 1 aliphatic rings. The number of benzene rings is 1. The number of amides is 2. The number of nitrogens with zero attached hydrogens (tertiary/aromatic N) is 5. The second kappa shape index (κ2) is 12.1. The van der Waals surface area contributed by atoms with E-state index in [0.29, 0.717) is 22.6 Å². The first-order valence-corrected chi connectivity index (χ1v) is 14.3. The number of nitrogens with one attached hydrogen (secondary N) is 1. The van der Waals surface area contributed by atoms with Crippen molar-refractivity contribution >= 4 is 27.5 Å². The number of carbonyl (C=O) groups excluding carboxylic acids is 2. The molecule has 214 valence electrons. The lowest BCUT2D eigenvalue weighted by Gasteiger charge is -2.33. The molecule has 2 aromatic heterocycles. The molecule has 0 aliphatic carbocycles. The summed E-state index contributed by atoms with van der Waals surface area (Å²) in [7, 11) is -0.740. The number of carbonyl (C=O) groups is 2. The van der Waals surface area contributed by atoms with E-state index in [4.69, 9.17) is 4.74 Å². The van der Waals surface area contributed by atoms with Gasteiger partial charge in [0.25, 0.3) is 15.9 Å². The number of likely N-dealkylation sites (N-methyl/N-ethyl adjacent to an activating group) is 1. The van der Waals surface area contributed by atoms with Gasteiger partial charge in [-0.25, -0.2) is 13.4 Å². The Bertz CT molecular complexity index is 1460. The van der Waals surface area contributed by atoms with Gasteiger partial charge in [-0.1, -0.05) is 6.92 Å². The highest BCUT2D eigenvalue weighted by Gasteiger charge is 2.34. The molecule has 1 aromatic carbocycles. The lowest BCUT2D eigenvalue weighted by atomic mass is 10.0. The molecule has 0 unspecified atom stereocenters. The summed E-state index contributed by atoms with van der Waals surface area (Å²) < 4.78 is 35.5. The van der Waals surface area contributed by atoms with Crippen LogP contribution in [0.15, 0.2) is 60.3 Å². The first kappa shape index (κ1) is 29.2. The zero-order chi connectivity index (χ0) is 29.0. The van der Waals surface area contributed by atoms with Crippen LogP contribution in [0.1, 0.15) is 29.8 Å². The van der Waals surface area contributed by atoms with Crippen molar-refractivity contribution in [3.05, 3.63) is 66.4 Å². The van der Waals surface area contributed by atoms with Crippen LogP contribution in [-0.4, -0.2) is 88.0 Å². The first-order chi connectivity index (χ1) is 19.0. The van der Waals surface area contributed by atoms with Crippen LogP contribution in [0.2, 0.25) is 0 Å². The molecule has 0 radical (unpaired) electrons. The van der Waals surface area contributed by atoms with Crippen molar-refractivity contribution in [2.45, 2.75) is 37.4 Å². The molecule has 3 heterocycles. The van der Waals surface area contributed by atoms with E-state index in [1.807, 2.05) is 6.92 Å². The molecule has 3 aromatic rings. The Hall–Kier alpha value is -3.81. The van der Waals surface area contributed by atoms with Crippen LogP contribution in [0.4, 0.5) is 5.69 Å². The molecule has 0 fully saturated rings. The second-order valence-corrected chi connectivity index (χ2v) is 12.1. The van der Waals surface area contributed by atoms with Gasteiger partial charge in [0.2, 0.25) is 5.91 Å². The van der Waals surface area contributed by atoms with E-state index in [1.54, 1.807) is 53.8 Å². The highest BCUT2D eigenvalue weighted by Crippen LogP contribution is 2.30. The van der Waals surface area contributed by atoms with Crippen molar-refractivity contribution in [2.75, 3.05) is 32.1 Å². The molecular weight excluding hydrogens is 536 g/mol.